The summed E-state index contributed by atoms with van der Waals surface area (Å²) in [6, 6.07) is 8.55. The van der Waals surface area contributed by atoms with E-state index >= 15 is 0 Å². The van der Waals surface area contributed by atoms with Crippen molar-refractivity contribution in [2.24, 2.45) is 0 Å². The Labute approximate surface area is 183 Å². The van der Waals surface area contributed by atoms with Crippen LogP contribution in [0.1, 0.15) is 19.4 Å². The number of carboxylic acids is 1. The van der Waals surface area contributed by atoms with Gasteiger partial charge in [0, 0.05) is 0 Å². The average Bonchev–Trinajstić information content (AvgIpc) is 2.64. The molecule has 6 nitrogen and oxygen atoms in total. The standard InChI is InChI=1S/C19H18N2O4S.Na/c1-9-10(2)16-13(9)15(19(24)25)21-17(23)14(18(21)26-16)20-12(22)8-11-6-4-3-5-7-11;/h3-7,14,16,18H,8H2,1-2H3,(H,20,22)(H,24,25);/q;+1/p-1/t14-,16+,18-;/m1./s1. The smallest absolute Gasteiger partial charge is 0.543 e. The van der Waals surface area contributed by atoms with Gasteiger partial charge in [0.05, 0.1) is 23.3 Å². The molecule has 1 fully saturated rings. The molecule has 134 valence electrons. The van der Waals surface area contributed by atoms with E-state index in [9.17, 15) is 19.5 Å². The summed E-state index contributed by atoms with van der Waals surface area (Å²) in [6.07, 6.45) is 0.178. The molecule has 2 heterocycles. The number of benzene rings is 1. The van der Waals surface area contributed by atoms with Crippen LogP contribution in [0.15, 0.2) is 52.7 Å². The van der Waals surface area contributed by atoms with Crippen molar-refractivity contribution in [2.45, 2.75) is 36.9 Å². The van der Waals surface area contributed by atoms with Crippen molar-refractivity contribution >= 4 is 29.5 Å². The van der Waals surface area contributed by atoms with Crippen LogP contribution >= 0.6 is 11.8 Å². The Morgan fingerprint density at radius 2 is 1.89 bits per heavy atom. The van der Waals surface area contributed by atoms with Crippen molar-refractivity contribution in [1.29, 1.82) is 0 Å². The molecule has 4 rings (SSSR count). The van der Waals surface area contributed by atoms with Gasteiger partial charge in [-0.05, 0) is 30.6 Å². The van der Waals surface area contributed by atoms with Gasteiger partial charge in [-0.25, -0.2) is 0 Å². The predicted molar refractivity (Wildman–Crippen MR) is 94.5 cm³/mol. The topological polar surface area (TPSA) is 89.5 Å². The van der Waals surface area contributed by atoms with Crippen molar-refractivity contribution in [3.05, 3.63) is 58.3 Å². The van der Waals surface area contributed by atoms with Crippen molar-refractivity contribution in [1.82, 2.24) is 10.2 Å². The third-order valence-electron chi connectivity index (χ3n) is 5.18. The Morgan fingerprint density at radius 1 is 1.22 bits per heavy atom. The summed E-state index contributed by atoms with van der Waals surface area (Å²) in [7, 11) is 0. The zero-order valence-corrected chi connectivity index (χ0v) is 18.1. The summed E-state index contributed by atoms with van der Waals surface area (Å²) in [5.41, 5.74) is 3.50. The zero-order valence-electron chi connectivity index (χ0n) is 15.3. The first-order chi connectivity index (χ1) is 12.4. The molecule has 0 radical (unpaired) electrons. The molecule has 0 aromatic heterocycles. The van der Waals surface area contributed by atoms with Gasteiger partial charge in [0.1, 0.15) is 11.4 Å². The van der Waals surface area contributed by atoms with Gasteiger partial charge in [-0.1, -0.05) is 35.9 Å². The summed E-state index contributed by atoms with van der Waals surface area (Å²) in [6.45, 7) is 3.82. The number of carbonyl (C=O) groups is 3. The Bertz CT molecular complexity index is 896. The fourth-order valence-electron chi connectivity index (χ4n) is 3.67. The van der Waals surface area contributed by atoms with E-state index in [1.54, 1.807) is 0 Å². The SMILES string of the molecule is CC1=C(C)[C@@H]2S[C@@H]3[C@H](NC(=O)Cc4ccccc4)C(=O)N3C(C(=O)[O-])=C12.[Na+]. The average molecular weight is 392 g/mol. The predicted octanol–water partition coefficient (Wildman–Crippen LogP) is -2.64. The first kappa shape index (κ1) is 20.2. The quantitative estimate of drug-likeness (QED) is 0.447. The van der Waals surface area contributed by atoms with E-state index in [1.165, 1.54) is 16.7 Å². The maximum atomic E-state index is 12.5. The van der Waals surface area contributed by atoms with E-state index in [2.05, 4.69) is 5.32 Å². The van der Waals surface area contributed by atoms with Gasteiger partial charge in [-0.15, -0.1) is 11.8 Å². The van der Waals surface area contributed by atoms with E-state index in [-0.39, 0.29) is 52.8 Å². The minimum absolute atomic E-state index is 0. The summed E-state index contributed by atoms with van der Waals surface area (Å²) in [5.74, 6) is -1.99. The van der Waals surface area contributed by atoms with Gasteiger partial charge in [-0.2, -0.15) is 0 Å². The van der Waals surface area contributed by atoms with E-state index in [1.807, 2.05) is 44.2 Å². The molecule has 3 aliphatic rings. The molecule has 1 aromatic rings. The summed E-state index contributed by atoms with van der Waals surface area (Å²) in [5, 5.41) is 13.9. The second-order valence-electron chi connectivity index (χ2n) is 6.68. The number of thioether (sulfide) groups is 1. The van der Waals surface area contributed by atoms with E-state index in [4.69, 9.17) is 0 Å². The number of nitrogens with one attached hydrogen (secondary N) is 1. The molecule has 1 N–H and O–H groups in total. The minimum atomic E-state index is -1.34. The van der Waals surface area contributed by atoms with Crippen molar-refractivity contribution in [3.8, 4) is 0 Å². The molecular formula is C19H17N2NaO4S. The molecule has 0 bridgehead atoms. The van der Waals surface area contributed by atoms with Crippen LogP contribution in [0.4, 0.5) is 0 Å². The maximum Gasteiger partial charge on any atom is 1.00 e. The molecule has 1 aliphatic carbocycles. The molecule has 3 atom stereocenters. The van der Waals surface area contributed by atoms with Crippen molar-refractivity contribution in [3.63, 3.8) is 0 Å². The number of hydrogen-bond acceptors (Lipinski definition) is 5. The molecule has 2 aliphatic heterocycles. The van der Waals surface area contributed by atoms with E-state index < -0.39 is 23.3 Å². The molecule has 27 heavy (non-hydrogen) atoms. The van der Waals surface area contributed by atoms with E-state index in [0.717, 1.165) is 16.7 Å². The Balaban J connectivity index is 0.00000210. The third-order valence-corrected chi connectivity index (χ3v) is 6.81. The molecule has 8 heteroatoms. The number of fused-ring (bicyclic) bond motifs is 2. The van der Waals surface area contributed by atoms with Gasteiger partial charge in [-0.3, -0.25) is 14.5 Å². The van der Waals surface area contributed by atoms with Gasteiger partial charge in [0.25, 0.3) is 5.91 Å². The number of amides is 2. The molecule has 0 spiro atoms. The van der Waals surface area contributed by atoms with Crippen molar-refractivity contribution in [2.75, 3.05) is 0 Å². The van der Waals surface area contributed by atoms with Crippen LogP contribution in [-0.2, 0) is 20.8 Å². The molecule has 2 amide bonds. The zero-order chi connectivity index (χ0) is 18.6. The second kappa shape index (κ2) is 7.47. The number of β-lactam (4-membered cyclic amide) rings is 1. The van der Waals surface area contributed by atoms with Crippen LogP contribution in [0.3, 0.4) is 0 Å². The monoisotopic (exact) mass is 392 g/mol. The summed E-state index contributed by atoms with van der Waals surface area (Å²) in [4.78, 5) is 37.7. The molecule has 0 unspecified atom stereocenters. The molecule has 1 aromatic carbocycles. The van der Waals surface area contributed by atoms with Crippen molar-refractivity contribution < 1.29 is 49.0 Å². The normalized spacial score (nSPS) is 25.6. The van der Waals surface area contributed by atoms with Crippen LogP contribution in [0.25, 0.3) is 0 Å². The number of hydrogen-bond donors (Lipinski definition) is 1. The number of rotatable bonds is 4. The third kappa shape index (κ3) is 3.16. The Morgan fingerprint density at radius 3 is 2.52 bits per heavy atom. The number of allylic oxidation sites excluding steroid dienone is 1. The minimum Gasteiger partial charge on any atom is -0.543 e. The Kier molecular flexibility index (Phi) is 5.59. The summed E-state index contributed by atoms with van der Waals surface area (Å²) < 4.78 is 0. The van der Waals surface area contributed by atoms with Gasteiger partial charge >= 0.3 is 29.6 Å². The van der Waals surface area contributed by atoms with Crippen LogP contribution in [0, 0.1) is 0 Å². The number of aliphatic carboxylic acids is 1. The fraction of sp³-hybridized carbons (Fsp3) is 0.316. The van der Waals surface area contributed by atoms with Crippen LogP contribution in [0.2, 0.25) is 0 Å². The van der Waals surface area contributed by atoms with Gasteiger partial charge in [0.15, 0.2) is 0 Å². The Hall–Kier alpha value is -1.54. The van der Waals surface area contributed by atoms with Crippen LogP contribution in [0.5, 0.6) is 0 Å². The number of carbonyl (C=O) groups excluding carboxylic acids is 3. The van der Waals surface area contributed by atoms with E-state index in [0.29, 0.717) is 5.57 Å². The number of carboxylic acid groups (broad SMARTS) is 1. The first-order valence-corrected chi connectivity index (χ1v) is 9.29. The molecular weight excluding hydrogens is 375 g/mol. The van der Waals surface area contributed by atoms with Crippen LogP contribution < -0.4 is 40.0 Å². The van der Waals surface area contributed by atoms with Gasteiger partial charge < -0.3 is 15.2 Å². The summed E-state index contributed by atoms with van der Waals surface area (Å²) >= 11 is 1.51. The fourth-order valence-corrected chi connectivity index (χ4v) is 5.43. The number of nitrogens with zero attached hydrogens (tertiary/aromatic N) is 1. The largest absolute Gasteiger partial charge is 1.00 e. The van der Waals surface area contributed by atoms with Gasteiger partial charge in [0.2, 0.25) is 5.91 Å². The van der Waals surface area contributed by atoms with Crippen LogP contribution in [-0.4, -0.2) is 39.3 Å². The molecule has 0 saturated carbocycles. The maximum absolute atomic E-state index is 12.5. The molecule has 1 saturated heterocycles. The first-order valence-electron chi connectivity index (χ1n) is 8.35. The second-order valence-corrected chi connectivity index (χ2v) is 7.91.